The third kappa shape index (κ3) is 3.11. The molecule has 2 aliphatic rings. The Balaban J connectivity index is 1.78. The number of hydrogen-bond donors (Lipinski definition) is 1. The summed E-state index contributed by atoms with van der Waals surface area (Å²) in [6, 6.07) is 8.77. The molecule has 0 radical (unpaired) electrons. The molecule has 2 heterocycles. The number of carbonyl (C=O) groups excluding carboxylic acids is 1. The lowest BCUT2D eigenvalue weighted by Crippen LogP contribution is -2.51. The van der Waals surface area contributed by atoms with Crippen LogP contribution in [-0.2, 0) is 16.0 Å². The number of rotatable bonds is 3. The molecule has 2 saturated heterocycles. The quantitative estimate of drug-likeness (QED) is 0.923. The van der Waals surface area contributed by atoms with E-state index in [2.05, 4.69) is 36.5 Å². The van der Waals surface area contributed by atoms with E-state index in [9.17, 15) is 4.79 Å². The maximum absolute atomic E-state index is 12.7. The molecule has 3 rings (SSSR count). The lowest BCUT2D eigenvalue weighted by molar-refractivity contribution is -0.144. The fraction of sp³-hybridized carbons (Fsp3) is 0.588. The molecule has 0 aromatic heterocycles. The van der Waals surface area contributed by atoms with Crippen LogP contribution in [0.2, 0.25) is 0 Å². The molecule has 2 unspecified atom stereocenters. The van der Waals surface area contributed by atoms with Gasteiger partial charge in [0.25, 0.3) is 5.91 Å². The highest BCUT2D eigenvalue weighted by molar-refractivity contribution is 5.81. The van der Waals surface area contributed by atoms with Crippen molar-refractivity contribution in [2.24, 2.45) is 0 Å². The highest BCUT2D eigenvalue weighted by Crippen LogP contribution is 2.26. The van der Waals surface area contributed by atoms with Crippen molar-refractivity contribution >= 4 is 5.91 Å². The van der Waals surface area contributed by atoms with Crippen molar-refractivity contribution in [2.45, 2.75) is 38.3 Å². The Morgan fingerprint density at radius 3 is 2.86 bits per heavy atom. The number of amides is 1. The molecule has 4 heteroatoms. The maximum atomic E-state index is 12.7. The van der Waals surface area contributed by atoms with Crippen molar-refractivity contribution < 1.29 is 9.53 Å². The molecule has 0 saturated carbocycles. The zero-order valence-corrected chi connectivity index (χ0v) is 12.7. The zero-order chi connectivity index (χ0) is 14.7. The summed E-state index contributed by atoms with van der Waals surface area (Å²) in [5.74, 6) is 0.165. The monoisotopic (exact) mass is 288 g/mol. The number of hydrogen-bond acceptors (Lipinski definition) is 3. The summed E-state index contributed by atoms with van der Waals surface area (Å²) in [6.07, 6.45) is 2.69. The molecular weight excluding hydrogens is 264 g/mol. The fourth-order valence-electron chi connectivity index (χ4n) is 3.20. The Morgan fingerprint density at radius 2 is 2.19 bits per heavy atom. The SMILES string of the molecule is CCc1ccc(C2CNCCN2C(=O)C2CCCO2)cc1. The van der Waals surface area contributed by atoms with Gasteiger partial charge in [0, 0.05) is 26.2 Å². The highest BCUT2D eigenvalue weighted by Gasteiger charge is 2.34. The van der Waals surface area contributed by atoms with E-state index in [1.165, 1.54) is 11.1 Å². The predicted octanol–water partition coefficient (Wildman–Crippen LogP) is 1.90. The van der Waals surface area contributed by atoms with Gasteiger partial charge in [-0.1, -0.05) is 31.2 Å². The molecule has 1 amide bonds. The van der Waals surface area contributed by atoms with E-state index in [0.717, 1.165) is 45.5 Å². The molecule has 0 spiro atoms. The third-order valence-corrected chi connectivity index (χ3v) is 4.50. The van der Waals surface area contributed by atoms with Gasteiger partial charge in [0.1, 0.15) is 6.10 Å². The summed E-state index contributed by atoms with van der Waals surface area (Å²) in [6.45, 7) is 5.33. The number of ether oxygens (including phenoxy) is 1. The van der Waals surface area contributed by atoms with Crippen LogP contribution in [0.25, 0.3) is 0 Å². The van der Waals surface area contributed by atoms with Crippen LogP contribution in [0.1, 0.15) is 36.9 Å². The second-order valence-electron chi connectivity index (χ2n) is 5.85. The van der Waals surface area contributed by atoms with E-state index < -0.39 is 0 Å². The van der Waals surface area contributed by atoms with Crippen LogP contribution in [0, 0.1) is 0 Å². The number of benzene rings is 1. The Hall–Kier alpha value is -1.39. The summed E-state index contributed by atoms with van der Waals surface area (Å²) in [4.78, 5) is 14.7. The van der Waals surface area contributed by atoms with Crippen molar-refractivity contribution in [1.82, 2.24) is 10.2 Å². The number of piperazine rings is 1. The molecule has 21 heavy (non-hydrogen) atoms. The normalized spacial score (nSPS) is 26.0. The highest BCUT2D eigenvalue weighted by atomic mass is 16.5. The molecule has 0 bridgehead atoms. The van der Waals surface area contributed by atoms with Crippen LogP contribution >= 0.6 is 0 Å². The van der Waals surface area contributed by atoms with Crippen LogP contribution < -0.4 is 5.32 Å². The second-order valence-corrected chi connectivity index (χ2v) is 5.85. The maximum Gasteiger partial charge on any atom is 0.252 e. The first-order valence-electron chi connectivity index (χ1n) is 8.01. The number of nitrogens with one attached hydrogen (secondary N) is 1. The van der Waals surface area contributed by atoms with Gasteiger partial charge in [-0.15, -0.1) is 0 Å². The smallest absolute Gasteiger partial charge is 0.252 e. The molecule has 1 N–H and O–H groups in total. The van der Waals surface area contributed by atoms with Crippen molar-refractivity contribution in [3.05, 3.63) is 35.4 Å². The lowest BCUT2D eigenvalue weighted by Gasteiger charge is -2.37. The molecule has 1 aromatic carbocycles. The average Bonchev–Trinajstić information content (AvgIpc) is 3.09. The number of carbonyl (C=O) groups is 1. The van der Waals surface area contributed by atoms with E-state index in [1.54, 1.807) is 0 Å². The summed E-state index contributed by atoms with van der Waals surface area (Å²) in [5.41, 5.74) is 2.55. The summed E-state index contributed by atoms with van der Waals surface area (Å²) >= 11 is 0. The standard InChI is InChI=1S/C17H24N2O2/c1-2-13-5-7-14(8-6-13)15-12-18-9-10-19(15)17(20)16-4-3-11-21-16/h5-8,15-16,18H,2-4,9-12H2,1H3. The molecule has 2 fully saturated rings. The van der Waals surface area contributed by atoms with Crippen LogP contribution in [0.4, 0.5) is 0 Å². The summed E-state index contributed by atoms with van der Waals surface area (Å²) < 4.78 is 5.58. The molecule has 0 aliphatic carbocycles. The van der Waals surface area contributed by atoms with Gasteiger partial charge in [0.05, 0.1) is 6.04 Å². The Kier molecular flexibility index (Phi) is 4.56. The molecule has 2 aliphatic heterocycles. The van der Waals surface area contributed by atoms with E-state index >= 15 is 0 Å². The number of aryl methyl sites for hydroxylation is 1. The van der Waals surface area contributed by atoms with E-state index in [1.807, 2.05) is 4.90 Å². The summed E-state index contributed by atoms with van der Waals surface area (Å²) in [5, 5.41) is 3.40. The Labute approximate surface area is 126 Å². The Bertz CT molecular complexity index is 480. The predicted molar refractivity (Wildman–Crippen MR) is 82.1 cm³/mol. The molecule has 1 aromatic rings. The second kappa shape index (κ2) is 6.58. The summed E-state index contributed by atoms with van der Waals surface area (Å²) in [7, 11) is 0. The van der Waals surface area contributed by atoms with Gasteiger partial charge >= 0.3 is 0 Å². The molecule has 2 atom stereocenters. The van der Waals surface area contributed by atoms with Gasteiger partial charge in [0.2, 0.25) is 0 Å². The largest absolute Gasteiger partial charge is 0.368 e. The van der Waals surface area contributed by atoms with E-state index in [4.69, 9.17) is 4.74 Å². The molecule has 4 nitrogen and oxygen atoms in total. The van der Waals surface area contributed by atoms with Gasteiger partial charge in [0.15, 0.2) is 0 Å². The van der Waals surface area contributed by atoms with Crippen molar-refractivity contribution in [2.75, 3.05) is 26.2 Å². The topological polar surface area (TPSA) is 41.6 Å². The van der Waals surface area contributed by atoms with Crippen LogP contribution in [-0.4, -0.2) is 43.2 Å². The van der Waals surface area contributed by atoms with Crippen molar-refractivity contribution in [3.63, 3.8) is 0 Å². The minimum absolute atomic E-state index is 0.126. The fourth-order valence-corrected chi connectivity index (χ4v) is 3.20. The van der Waals surface area contributed by atoms with Crippen LogP contribution in [0.15, 0.2) is 24.3 Å². The Morgan fingerprint density at radius 1 is 1.38 bits per heavy atom. The van der Waals surface area contributed by atoms with Gasteiger partial charge < -0.3 is 15.0 Å². The minimum Gasteiger partial charge on any atom is -0.368 e. The van der Waals surface area contributed by atoms with Gasteiger partial charge in [-0.25, -0.2) is 0 Å². The van der Waals surface area contributed by atoms with E-state index in [-0.39, 0.29) is 18.1 Å². The molecular formula is C17H24N2O2. The van der Waals surface area contributed by atoms with E-state index in [0.29, 0.717) is 0 Å². The zero-order valence-electron chi connectivity index (χ0n) is 12.7. The van der Waals surface area contributed by atoms with Gasteiger partial charge in [-0.05, 0) is 30.4 Å². The first kappa shape index (κ1) is 14.5. The third-order valence-electron chi connectivity index (χ3n) is 4.50. The lowest BCUT2D eigenvalue weighted by atomic mass is 10.00. The molecule has 114 valence electrons. The van der Waals surface area contributed by atoms with Gasteiger partial charge in [-0.2, -0.15) is 0 Å². The first-order valence-corrected chi connectivity index (χ1v) is 8.01. The first-order chi connectivity index (χ1) is 10.3. The minimum atomic E-state index is -0.222. The van der Waals surface area contributed by atoms with Crippen molar-refractivity contribution in [3.8, 4) is 0 Å². The van der Waals surface area contributed by atoms with Crippen LogP contribution in [0.3, 0.4) is 0 Å². The van der Waals surface area contributed by atoms with Crippen molar-refractivity contribution in [1.29, 1.82) is 0 Å². The average molecular weight is 288 g/mol. The number of nitrogens with zero attached hydrogens (tertiary/aromatic N) is 1. The van der Waals surface area contributed by atoms with Crippen LogP contribution in [0.5, 0.6) is 0 Å². The van der Waals surface area contributed by atoms with Gasteiger partial charge in [-0.3, -0.25) is 4.79 Å².